The Hall–Kier alpha value is -3.68. The predicted molar refractivity (Wildman–Crippen MR) is 129 cm³/mol. The fourth-order valence-electron chi connectivity index (χ4n) is 4.12. The molecule has 0 saturated heterocycles. The highest BCUT2D eigenvalue weighted by molar-refractivity contribution is 5.95. The summed E-state index contributed by atoms with van der Waals surface area (Å²) in [7, 11) is 0. The summed E-state index contributed by atoms with van der Waals surface area (Å²) < 4.78 is 53.9. The highest BCUT2D eigenvalue weighted by Crippen LogP contribution is 2.29. The van der Waals surface area contributed by atoms with Crippen LogP contribution in [0.2, 0.25) is 0 Å². The maximum atomic E-state index is 13.4. The molecule has 190 valence electrons. The van der Waals surface area contributed by atoms with E-state index in [9.17, 15) is 18.0 Å². The molecule has 1 heterocycles. The van der Waals surface area contributed by atoms with Crippen LogP contribution in [0.15, 0.2) is 72.8 Å². The first kappa shape index (κ1) is 25.4. The van der Waals surface area contributed by atoms with Crippen molar-refractivity contribution in [3.63, 3.8) is 0 Å². The van der Waals surface area contributed by atoms with E-state index >= 15 is 0 Å². The maximum absolute atomic E-state index is 13.4. The number of alkyl halides is 3. The Morgan fingerprint density at radius 3 is 2.19 bits per heavy atom. The smallest absolute Gasteiger partial charge is 0.491 e. The number of amides is 1. The minimum atomic E-state index is -4.84. The van der Waals surface area contributed by atoms with Gasteiger partial charge in [-0.15, -0.1) is 13.2 Å². The topological polar surface area (TPSA) is 48.0 Å². The first-order chi connectivity index (χ1) is 17.0. The Morgan fingerprint density at radius 2 is 1.53 bits per heavy atom. The van der Waals surface area contributed by atoms with Crippen molar-refractivity contribution in [2.75, 3.05) is 6.61 Å². The highest BCUT2D eigenvalue weighted by Gasteiger charge is 2.33. The lowest BCUT2D eigenvalue weighted by Crippen LogP contribution is -2.47. The van der Waals surface area contributed by atoms with E-state index in [4.69, 9.17) is 9.47 Å². The van der Waals surface area contributed by atoms with Crippen LogP contribution in [-0.2, 0) is 13.0 Å². The molecule has 0 saturated carbocycles. The first-order valence-electron chi connectivity index (χ1n) is 11.6. The summed E-state index contributed by atoms with van der Waals surface area (Å²) >= 11 is 0. The molecule has 1 aliphatic rings. The number of carbonyl (C=O) groups excluding carboxylic acids is 1. The SMILES string of the molecule is CC(C)(C)Oc1ccc(OC[C@@H]2Cc3ccccc3CN2C(=O)c2cccc(OC(F)(F)F)c2)cc1. The molecule has 0 spiro atoms. The van der Waals surface area contributed by atoms with Crippen LogP contribution in [0.25, 0.3) is 0 Å². The molecular formula is C28H28F3NO4. The van der Waals surface area contributed by atoms with Crippen LogP contribution in [0, 0.1) is 0 Å². The molecule has 3 aromatic carbocycles. The van der Waals surface area contributed by atoms with Gasteiger partial charge in [-0.05, 0) is 80.8 Å². The Bertz CT molecular complexity index is 1200. The van der Waals surface area contributed by atoms with Crippen molar-refractivity contribution in [1.29, 1.82) is 0 Å². The Labute approximate surface area is 208 Å². The number of nitrogens with zero attached hydrogens (tertiary/aromatic N) is 1. The van der Waals surface area contributed by atoms with Crippen LogP contribution in [-0.4, -0.2) is 35.4 Å². The van der Waals surface area contributed by atoms with Gasteiger partial charge < -0.3 is 19.1 Å². The minimum Gasteiger partial charge on any atom is -0.491 e. The summed E-state index contributed by atoms with van der Waals surface area (Å²) in [4.78, 5) is 15.1. The van der Waals surface area contributed by atoms with Crippen LogP contribution >= 0.6 is 0 Å². The molecule has 0 N–H and O–H groups in total. The van der Waals surface area contributed by atoms with Gasteiger partial charge in [-0.2, -0.15) is 0 Å². The standard InChI is InChI=1S/C28H28F3NO4/c1-27(2,3)35-24-13-11-23(12-14-24)34-18-22-15-19-7-4-5-8-21(19)17-32(22)26(33)20-9-6-10-25(16-20)36-28(29,30)31/h4-14,16,22H,15,17-18H2,1-3H3/t22-/m0/s1. The zero-order valence-corrected chi connectivity index (χ0v) is 20.3. The van der Waals surface area contributed by atoms with Crippen molar-refractivity contribution in [1.82, 2.24) is 4.90 Å². The molecule has 8 heteroatoms. The molecule has 1 aliphatic heterocycles. The van der Waals surface area contributed by atoms with E-state index in [1.165, 1.54) is 18.2 Å². The molecule has 3 aromatic rings. The third-order valence-electron chi connectivity index (χ3n) is 5.62. The number of rotatable bonds is 6. The molecule has 0 fully saturated rings. The van der Waals surface area contributed by atoms with E-state index in [0.717, 1.165) is 22.9 Å². The van der Waals surface area contributed by atoms with Crippen LogP contribution in [0.1, 0.15) is 42.3 Å². The predicted octanol–water partition coefficient (Wildman–Crippen LogP) is 6.41. The van der Waals surface area contributed by atoms with Gasteiger partial charge in [-0.3, -0.25) is 4.79 Å². The molecule has 0 unspecified atom stereocenters. The number of benzene rings is 3. The van der Waals surface area contributed by atoms with Gasteiger partial charge in [0.25, 0.3) is 5.91 Å². The van der Waals surface area contributed by atoms with Gasteiger partial charge >= 0.3 is 6.36 Å². The Balaban J connectivity index is 1.52. The molecule has 36 heavy (non-hydrogen) atoms. The van der Waals surface area contributed by atoms with E-state index < -0.39 is 12.1 Å². The van der Waals surface area contributed by atoms with Crippen LogP contribution in [0.5, 0.6) is 17.2 Å². The number of fused-ring (bicyclic) bond motifs is 1. The third kappa shape index (κ3) is 6.71. The fraction of sp³-hybridized carbons (Fsp3) is 0.321. The molecule has 0 radical (unpaired) electrons. The quantitative estimate of drug-likeness (QED) is 0.393. The van der Waals surface area contributed by atoms with Gasteiger partial charge in [0.05, 0.1) is 6.04 Å². The van der Waals surface area contributed by atoms with Crippen LogP contribution in [0.3, 0.4) is 0 Å². The summed E-state index contributed by atoms with van der Waals surface area (Å²) in [5.41, 5.74) is 1.90. The lowest BCUT2D eigenvalue weighted by Gasteiger charge is -2.37. The van der Waals surface area contributed by atoms with Crippen LogP contribution in [0.4, 0.5) is 13.2 Å². The molecule has 1 amide bonds. The Morgan fingerprint density at radius 1 is 0.861 bits per heavy atom. The van der Waals surface area contributed by atoms with E-state index in [-0.39, 0.29) is 29.7 Å². The summed E-state index contributed by atoms with van der Waals surface area (Å²) in [6, 6.07) is 19.9. The summed E-state index contributed by atoms with van der Waals surface area (Å²) in [6.07, 6.45) is -4.28. The van der Waals surface area contributed by atoms with E-state index in [1.807, 2.05) is 69.3 Å². The average Bonchev–Trinajstić information content (AvgIpc) is 2.80. The lowest BCUT2D eigenvalue weighted by atomic mass is 9.93. The Kier molecular flexibility index (Phi) is 7.15. The van der Waals surface area contributed by atoms with Crippen molar-refractivity contribution >= 4 is 5.91 Å². The molecule has 1 atom stereocenters. The van der Waals surface area contributed by atoms with Crippen LogP contribution < -0.4 is 14.2 Å². The number of carbonyl (C=O) groups is 1. The average molecular weight is 500 g/mol. The molecule has 0 aromatic heterocycles. The second-order valence-corrected chi connectivity index (χ2v) is 9.63. The van der Waals surface area contributed by atoms with Gasteiger partial charge in [0.15, 0.2) is 0 Å². The first-order valence-corrected chi connectivity index (χ1v) is 11.6. The van der Waals surface area contributed by atoms with E-state index in [2.05, 4.69) is 4.74 Å². The normalized spacial score (nSPS) is 15.7. The number of halogens is 3. The van der Waals surface area contributed by atoms with Gasteiger partial charge in [0.2, 0.25) is 0 Å². The van der Waals surface area contributed by atoms with E-state index in [1.54, 1.807) is 4.90 Å². The zero-order chi connectivity index (χ0) is 25.9. The number of ether oxygens (including phenoxy) is 3. The monoisotopic (exact) mass is 499 g/mol. The molecule has 4 rings (SSSR count). The lowest BCUT2D eigenvalue weighted by molar-refractivity contribution is -0.274. The van der Waals surface area contributed by atoms with Crippen molar-refractivity contribution in [2.24, 2.45) is 0 Å². The van der Waals surface area contributed by atoms with E-state index in [0.29, 0.717) is 18.7 Å². The summed E-state index contributed by atoms with van der Waals surface area (Å²) in [5, 5.41) is 0. The molecule has 5 nitrogen and oxygen atoms in total. The summed E-state index contributed by atoms with van der Waals surface area (Å²) in [5.74, 6) is 0.526. The van der Waals surface area contributed by atoms with Crippen molar-refractivity contribution in [3.05, 3.63) is 89.5 Å². The maximum Gasteiger partial charge on any atom is 0.573 e. The second-order valence-electron chi connectivity index (χ2n) is 9.63. The van der Waals surface area contributed by atoms with Gasteiger partial charge in [0.1, 0.15) is 29.5 Å². The van der Waals surface area contributed by atoms with Crippen molar-refractivity contribution in [3.8, 4) is 17.2 Å². The van der Waals surface area contributed by atoms with Gasteiger partial charge in [-0.25, -0.2) is 0 Å². The minimum absolute atomic E-state index is 0.116. The van der Waals surface area contributed by atoms with Gasteiger partial charge in [0, 0.05) is 12.1 Å². The highest BCUT2D eigenvalue weighted by atomic mass is 19.4. The van der Waals surface area contributed by atoms with Crippen molar-refractivity contribution in [2.45, 2.75) is 51.7 Å². The fourth-order valence-corrected chi connectivity index (χ4v) is 4.12. The van der Waals surface area contributed by atoms with Gasteiger partial charge in [-0.1, -0.05) is 30.3 Å². The zero-order valence-electron chi connectivity index (χ0n) is 20.3. The number of hydrogen-bond acceptors (Lipinski definition) is 4. The third-order valence-corrected chi connectivity index (χ3v) is 5.62. The van der Waals surface area contributed by atoms with Crippen molar-refractivity contribution < 1.29 is 32.2 Å². The summed E-state index contributed by atoms with van der Waals surface area (Å²) in [6.45, 7) is 6.45. The molecule has 0 aliphatic carbocycles. The molecule has 0 bridgehead atoms. The largest absolute Gasteiger partial charge is 0.573 e. The second kappa shape index (κ2) is 10.1. The molecular weight excluding hydrogens is 471 g/mol. The number of hydrogen-bond donors (Lipinski definition) is 0.